The molecular formula is C12H16ClNO2. The maximum absolute atomic E-state index is 12.0. The van der Waals surface area contributed by atoms with Crippen molar-refractivity contribution in [3.05, 3.63) is 29.0 Å². The van der Waals surface area contributed by atoms with E-state index in [1.165, 1.54) is 6.20 Å². The van der Waals surface area contributed by atoms with Crippen LogP contribution in [0.5, 0.6) is 0 Å². The number of hydrogen-bond acceptors (Lipinski definition) is 3. The minimum Gasteiger partial charge on any atom is -0.368 e. The van der Waals surface area contributed by atoms with Crippen LogP contribution in [0, 0.1) is 0 Å². The molecule has 0 unspecified atom stereocenters. The maximum Gasteiger partial charge on any atom is 0.168 e. The van der Waals surface area contributed by atoms with Crippen molar-refractivity contribution in [3.8, 4) is 0 Å². The van der Waals surface area contributed by atoms with Crippen LogP contribution in [-0.4, -0.2) is 23.0 Å². The first-order valence-corrected chi connectivity index (χ1v) is 5.61. The number of hydrogen-bond donors (Lipinski definition) is 0. The van der Waals surface area contributed by atoms with Crippen molar-refractivity contribution < 1.29 is 9.53 Å². The summed E-state index contributed by atoms with van der Waals surface area (Å²) in [6.45, 7) is 5.93. The molecule has 0 radical (unpaired) electrons. The molecule has 4 heteroatoms. The average Bonchev–Trinajstić information content (AvgIpc) is 2.21. The first-order chi connectivity index (χ1) is 7.47. The molecule has 88 valence electrons. The molecule has 0 aliphatic carbocycles. The Bertz CT molecular complexity index is 377. The number of carbonyl (C=O) groups is 1. The topological polar surface area (TPSA) is 39.2 Å². The van der Waals surface area contributed by atoms with Gasteiger partial charge in [0.05, 0.1) is 5.02 Å². The molecule has 0 aliphatic heterocycles. The van der Waals surface area contributed by atoms with Crippen LogP contribution in [0.2, 0.25) is 5.02 Å². The van der Waals surface area contributed by atoms with Gasteiger partial charge in [-0.1, -0.05) is 11.6 Å². The molecule has 0 amide bonds. The summed E-state index contributed by atoms with van der Waals surface area (Å²) in [6.07, 6.45) is 3.44. The minimum atomic E-state index is -0.763. The third-order valence-electron chi connectivity index (χ3n) is 2.38. The number of ketones is 1. The average molecular weight is 242 g/mol. The molecule has 0 aliphatic rings. The molecule has 0 saturated carbocycles. The number of nitrogens with zero attached hydrogens (tertiary/aromatic N) is 1. The van der Waals surface area contributed by atoms with Crippen LogP contribution >= 0.6 is 11.6 Å². The molecule has 1 aromatic rings. The number of aromatic nitrogens is 1. The summed E-state index contributed by atoms with van der Waals surface area (Å²) in [5.41, 5.74) is 0.0240. The highest BCUT2D eigenvalue weighted by Gasteiger charge is 2.27. The van der Waals surface area contributed by atoms with Gasteiger partial charge in [0, 0.05) is 25.4 Å². The lowest BCUT2D eigenvalue weighted by Gasteiger charge is -2.23. The van der Waals surface area contributed by atoms with E-state index in [0.29, 0.717) is 11.6 Å². The van der Waals surface area contributed by atoms with Crippen molar-refractivity contribution in [2.75, 3.05) is 6.61 Å². The lowest BCUT2D eigenvalue weighted by atomic mass is 9.97. The zero-order valence-corrected chi connectivity index (χ0v) is 10.5. The van der Waals surface area contributed by atoms with Crippen LogP contribution < -0.4 is 0 Å². The van der Waals surface area contributed by atoms with Crippen LogP contribution in [0.25, 0.3) is 0 Å². The van der Waals surface area contributed by atoms with Crippen LogP contribution in [0.3, 0.4) is 0 Å². The molecule has 0 bridgehead atoms. The van der Waals surface area contributed by atoms with Crippen molar-refractivity contribution >= 4 is 17.4 Å². The SMILES string of the molecule is CCOC(C)(C)C(=O)Cc1ccncc1Cl. The largest absolute Gasteiger partial charge is 0.368 e. The highest BCUT2D eigenvalue weighted by molar-refractivity contribution is 6.31. The molecule has 0 aromatic carbocycles. The summed E-state index contributed by atoms with van der Waals surface area (Å²) in [5, 5.41) is 0.517. The van der Waals surface area contributed by atoms with E-state index in [1.54, 1.807) is 26.1 Å². The quantitative estimate of drug-likeness (QED) is 0.796. The van der Waals surface area contributed by atoms with Crippen LogP contribution in [-0.2, 0) is 16.0 Å². The fraction of sp³-hybridized carbons (Fsp3) is 0.500. The van der Waals surface area contributed by atoms with Gasteiger partial charge in [-0.05, 0) is 32.4 Å². The standard InChI is InChI=1S/C12H16ClNO2/c1-4-16-12(2,3)11(15)7-9-5-6-14-8-10(9)13/h5-6,8H,4,7H2,1-3H3. The number of pyridine rings is 1. The van der Waals surface area contributed by atoms with E-state index in [0.717, 1.165) is 5.56 Å². The number of carbonyl (C=O) groups excluding carboxylic acids is 1. The molecule has 0 spiro atoms. The third kappa shape index (κ3) is 3.29. The Hall–Kier alpha value is -0.930. The highest BCUT2D eigenvalue weighted by Crippen LogP contribution is 2.19. The molecule has 0 N–H and O–H groups in total. The fourth-order valence-corrected chi connectivity index (χ4v) is 1.56. The summed E-state index contributed by atoms with van der Waals surface area (Å²) in [6, 6.07) is 1.75. The number of halogens is 1. The van der Waals surface area contributed by atoms with Crippen LogP contribution in [0.4, 0.5) is 0 Å². The van der Waals surface area contributed by atoms with E-state index in [2.05, 4.69) is 4.98 Å². The van der Waals surface area contributed by atoms with Gasteiger partial charge in [-0.25, -0.2) is 0 Å². The predicted octanol–water partition coefficient (Wildman–Crippen LogP) is 2.66. The minimum absolute atomic E-state index is 0.0162. The molecule has 0 atom stereocenters. The molecule has 1 rings (SSSR count). The Morgan fingerprint density at radius 2 is 2.25 bits per heavy atom. The van der Waals surface area contributed by atoms with Gasteiger partial charge in [0.2, 0.25) is 0 Å². The Morgan fingerprint density at radius 3 is 2.81 bits per heavy atom. The monoisotopic (exact) mass is 241 g/mol. The highest BCUT2D eigenvalue weighted by atomic mass is 35.5. The lowest BCUT2D eigenvalue weighted by Crippen LogP contribution is -2.36. The number of rotatable bonds is 5. The third-order valence-corrected chi connectivity index (χ3v) is 2.72. The second-order valence-electron chi connectivity index (χ2n) is 4.01. The van der Waals surface area contributed by atoms with Crippen molar-refractivity contribution in [3.63, 3.8) is 0 Å². The summed E-state index contributed by atoms with van der Waals surface area (Å²) in [4.78, 5) is 15.8. The first-order valence-electron chi connectivity index (χ1n) is 5.23. The van der Waals surface area contributed by atoms with E-state index in [-0.39, 0.29) is 12.2 Å². The van der Waals surface area contributed by atoms with Crippen LogP contribution in [0.15, 0.2) is 18.5 Å². The molecule has 1 aromatic heterocycles. The first kappa shape index (κ1) is 13.1. The molecule has 0 fully saturated rings. The predicted molar refractivity (Wildman–Crippen MR) is 63.7 cm³/mol. The zero-order chi connectivity index (χ0) is 12.2. The second kappa shape index (κ2) is 5.41. The van der Waals surface area contributed by atoms with E-state index >= 15 is 0 Å². The number of Topliss-reactive ketones (excluding diaryl/α,β-unsaturated/α-hetero) is 1. The molecule has 3 nitrogen and oxygen atoms in total. The van der Waals surface area contributed by atoms with Crippen molar-refractivity contribution in [1.29, 1.82) is 0 Å². The Morgan fingerprint density at radius 1 is 1.56 bits per heavy atom. The van der Waals surface area contributed by atoms with Gasteiger partial charge in [-0.3, -0.25) is 9.78 Å². The van der Waals surface area contributed by atoms with Gasteiger partial charge in [0.1, 0.15) is 5.60 Å². The second-order valence-corrected chi connectivity index (χ2v) is 4.42. The number of ether oxygens (including phenoxy) is 1. The van der Waals surface area contributed by atoms with Gasteiger partial charge >= 0.3 is 0 Å². The molecular weight excluding hydrogens is 226 g/mol. The van der Waals surface area contributed by atoms with E-state index in [1.807, 2.05) is 6.92 Å². The van der Waals surface area contributed by atoms with Gasteiger partial charge in [-0.2, -0.15) is 0 Å². The van der Waals surface area contributed by atoms with E-state index < -0.39 is 5.60 Å². The Kier molecular flexibility index (Phi) is 4.44. The van der Waals surface area contributed by atoms with E-state index in [4.69, 9.17) is 16.3 Å². The van der Waals surface area contributed by atoms with Crippen molar-refractivity contribution in [1.82, 2.24) is 4.98 Å². The molecule has 16 heavy (non-hydrogen) atoms. The summed E-state index contributed by atoms with van der Waals surface area (Å²) < 4.78 is 5.39. The van der Waals surface area contributed by atoms with Gasteiger partial charge in [0.15, 0.2) is 5.78 Å². The van der Waals surface area contributed by atoms with Gasteiger partial charge < -0.3 is 4.74 Å². The van der Waals surface area contributed by atoms with Crippen LogP contribution in [0.1, 0.15) is 26.3 Å². The zero-order valence-electron chi connectivity index (χ0n) is 9.79. The van der Waals surface area contributed by atoms with E-state index in [9.17, 15) is 4.79 Å². The molecule has 0 saturated heterocycles. The summed E-state index contributed by atoms with van der Waals surface area (Å²) >= 11 is 5.94. The Balaban J connectivity index is 2.75. The fourth-order valence-electron chi connectivity index (χ4n) is 1.37. The lowest BCUT2D eigenvalue weighted by molar-refractivity contribution is -0.139. The summed E-state index contributed by atoms with van der Waals surface area (Å²) in [5.74, 6) is 0.0162. The van der Waals surface area contributed by atoms with Crippen molar-refractivity contribution in [2.24, 2.45) is 0 Å². The maximum atomic E-state index is 12.0. The van der Waals surface area contributed by atoms with Crippen molar-refractivity contribution in [2.45, 2.75) is 32.8 Å². The molecule has 1 heterocycles. The normalized spacial score (nSPS) is 11.5. The Labute approximate surface area is 101 Å². The summed E-state index contributed by atoms with van der Waals surface area (Å²) in [7, 11) is 0. The smallest absolute Gasteiger partial charge is 0.168 e. The van der Waals surface area contributed by atoms with Gasteiger partial charge in [0.25, 0.3) is 0 Å². The van der Waals surface area contributed by atoms with Gasteiger partial charge in [-0.15, -0.1) is 0 Å².